The molecule has 2 aromatic carbocycles. The lowest BCUT2D eigenvalue weighted by molar-refractivity contribution is 0.102. The molecule has 0 spiro atoms. The van der Waals surface area contributed by atoms with Gasteiger partial charge in [-0.05, 0) is 48.5 Å². The number of pyridine rings is 1. The van der Waals surface area contributed by atoms with Crippen LogP contribution in [-0.2, 0) is 0 Å². The van der Waals surface area contributed by atoms with E-state index in [9.17, 15) is 9.18 Å². The highest BCUT2D eigenvalue weighted by atomic mass is 79.9. The van der Waals surface area contributed by atoms with Crippen LogP contribution in [-0.4, -0.2) is 10.9 Å². The van der Waals surface area contributed by atoms with Crippen molar-refractivity contribution in [3.05, 3.63) is 82.7 Å². The predicted molar refractivity (Wildman–Crippen MR) is 96.0 cm³/mol. The molecule has 6 heteroatoms. The first-order valence-electron chi connectivity index (χ1n) is 7.16. The van der Waals surface area contributed by atoms with Crippen LogP contribution in [0.4, 0.5) is 21.6 Å². The van der Waals surface area contributed by atoms with Crippen LogP contribution in [0.1, 0.15) is 10.4 Å². The Balaban J connectivity index is 1.68. The Kier molecular flexibility index (Phi) is 4.86. The molecule has 0 radical (unpaired) electrons. The number of carbonyl (C=O) groups excluding carboxylic acids is 1. The zero-order valence-electron chi connectivity index (χ0n) is 12.5. The zero-order chi connectivity index (χ0) is 16.9. The first-order chi connectivity index (χ1) is 11.6. The van der Waals surface area contributed by atoms with E-state index in [4.69, 9.17) is 0 Å². The Morgan fingerprint density at radius 1 is 1.00 bits per heavy atom. The monoisotopic (exact) mass is 385 g/mol. The Morgan fingerprint density at radius 2 is 1.75 bits per heavy atom. The van der Waals surface area contributed by atoms with E-state index in [-0.39, 0.29) is 5.69 Å². The Bertz CT molecular complexity index is 851. The van der Waals surface area contributed by atoms with E-state index < -0.39 is 11.7 Å². The Labute approximate surface area is 146 Å². The van der Waals surface area contributed by atoms with E-state index in [1.165, 1.54) is 18.3 Å². The molecule has 0 bridgehead atoms. The van der Waals surface area contributed by atoms with E-state index >= 15 is 0 Å². The van der Waals surface area contributed by atoms with Crippen LogP contribution in [0.2, 0.25) is 0 Å². The smallest absolute Gasteiger partial charge is 0.257 e. The van der Waals surface area contributed by atoms with Crippen molar-refractivity contribution in [3.8, 4) is 0 Å². The minimum absolute atomic E-state index is 0.138. The second kappa shape index (κ2) is 7.23. The molecule has 0 unspecified atom stereocenters. The predicted octanol–water partition coefficient (Wildman–Crippen LogP) is 4.98. The lowest BCUT2D eigenvalue weighted by Crippen LogP contribution is -2.13. The highest BCUT2D eigenvalue weighted by Gasteiger charge is 2.09. The lowest BCUT2D eigenvalue weighted by atomic mass is 10.2. The molecule has 0 aliphatic rings. The molecule has 1 heterocycles. The molecule has 0 aliphatic heterocycles. The fourth-order valence-electron chi connectivity index (χ4n) is 2.04. The van der Waals surface area contributed by atoms with Crippen molar-refractivity contribution in [1.29, 1.82) is 0 Å². The summed E-state index contributed by atoms with van der Waals surface area (Å²) >= 11 is 3.37. The Hall–Kier alpha value is -2.73. The summed E-state index contributed by atoms with van der Waals surface area (Å²) in [5.74, 6) is -0.283. The third-order valence-electron chi connectivity index (χ3n) is 3.26. The third kappa shape index (κ3) is 3.97. The number of hydrogen-bond donors (Lipinski definition) is 2. The second-order valence-corrected chi connectivity index (χ2v) is 5.91. The maximum absolute atomic E-state index is 13.6. The van der Waals surface area contributed by atoms with Gasteiger partial charge in [-0.25, -0.2) is 9.37 Å². The average Bonchev–Trinajstić information content (AvgIpc) is 2.59. The van der Waals surface area contributed by atoms with Gasteiger partial charge < -0.3 is 10.6 Å². The number of rotatable bonds is 4. The summed E-state index contributed by atoms with van der Waals surface area (Å²) in [5.41, 5.74) is 1.37. The van der Waals surface area contributed by atoms with Gasteiger partial charge in [0.05, 0.1) is 11.3 Å². The molecule has 24 heavy (non-hydrogen) atoms. The molecule has 0 atom stereocenters. The summed E-state index contributed by atoms with van der Waals surface area (Å²) in [4.78, 5) is 16.3. The van der Waals surface area contributed by atoms with Gasteiger partial charge >= 0.3 is 0 Å². The SMILES string of the molecule is O=C(Nc1ccccc1F)c1ccc(Nc2ccc(Br)cc2)nc1. The number of hydrogen-bond acceptors (Lipinski definition) is 3. The fourth-order valence-corrected chi connectivity index (χ4v) is 2.30. The number of nitrogens with one attached hydrogen (secondary N) is 2. The second-order valence-electron chi connectivity index (χ2n) is 5.00. The van der Waals surface area contributed by atoms with Gasteiger partial charge in [-0.15, -0.1) is 0 Å². The van der Waals surface area contributed by atoms with Gasteiger partial charge in [0.15, 0.2) is 0 Å². The van der Waals surface area contributed by atoms with E-state index in [0.29, 0.717) is 11.4 Å². The molecule has 0 saturated carbocycles. The van der Waals surface area contributed by atoms with E-state index in [0.717, 1.165) is 10.2 Å². The van der Waals surface area contributed by atoms with Crippen molar-refractivity contribution in [2.24, 2.45) is 0 Å². The Morgan fingerprint density at radius 3 is 2.42 bits per heavy atom. The first kappa shape index (κ1) is 16.1. The van der Waals surface area contributed by atoms with Crippen molar-refractivity contribution < 1.29 is 9.18 Å². The van der Waals surface area contributed by atoms with Crippen molar-refractivity contribution in [1.82, 2.24) is 4.98 Å². The molecule has 1 amide bonds. The third-order valence-corrected chi connectivity index (χ3v) is 3.79. The van der Waals surface area contributed by atoms with Crippen LogP contribution < -0.4 is 10.6 Å². The summed E-state index contributed by atoms with van der Waals surface area (Å²) in [6, 6.07) is 17.0. The molecular formula is C18H13BrFN3O. The van der Waals surface area contributed by atoms with Crippen LogP contribution in [0.25, 0.3) is 0 Å². The van der Waals surface area contributed by atoms with Gasteiger partial charge in [-0.2, -0.15) is 0 Å². The maximum atomic E-state index is 13.6. The molecule has 2 N–H and O–H groups in total. The number of carbonyl (C=O) groups is 1. The summed E-state index contributed by atoms with van der Waals surface area (Å²) in [6.07, 6.45) is 1.44. The van der Waals surface area contributed by atoms with Gasteiger partial charge in [-0.1, -0.05) is 28.1 Å². The zero-order valence-corrected chi connectivity index (χ0v) is 14.0. The minimum Gasteiger partial charge on any atom is -0.340 e. The van der Waals surface area contributed by atoms with Gasteiger partial charge in [-0.3, -0.25) is 4.79 Å². The molecule has 120 valence electrons. The number of aromatic nitrogens is 1. The van der Waals surface area contributed by atoms with Crippen LogP contribution in [0.15, 0.2) is 71.3 Å². The normalized spacial score (nSPS) is 10.2. The van der Waals surface area contributed by atoms with Gasteiger partial charge in [0.1, 0.15) is 11.6 Å². The van der Waals surface area contributed by atoms with E-state index in [1.54, 1.807) is 24.3 Å². The van der Waals surface area contributed by atoms with Gasteiger partial charge in [0, 0.05) is 16.4 Å². The topological polar surface area (TPSA) is 54.0 Å². The lowest BCUT2D eigenvalue weighted by Gasteiger charge is -2.08. The quantitative estimate of drug-likeness (QED) is 0.665. The van der Waals surface area contributed by atoms with Gasteiger partial charge in [0.2, 0.25) is 0 Å². The molecular weight excluding hydrogens is 373 g/mol. The number of para-hydroxylation sites is 1. The van der Waals surface area contributed by atoms with Crippen molar-refractivity contribution in [3.63, 3.8) is 0 Å². The average molecular weight is 386 g/mol. The molecule has 3 aromatic rings. The van der Waals surface area contributed by atoms with Crippen LogP contribution >= 0.6 is 15.9 Å². The summed E-state index contributed by atoms with van der Waals surface area (Å²) < 4.78 is 14.5. The number of halogens is 2. The first-order valence-corrected chi connectivity index (χ1v) is 7.95. The molecule has 4 nitrogen and oxygen atoms in total. The highest BCUT2D eigenvalue weighted by molar-refractivity contribution is 9.10. The molecule has 1 aromatic heterocycles. The maximum Gasteiger partial charge on any atom is 0.257 e. The highest BCUT2D eigenvalue weighted by Crippen LogP contribution is 2.19. The summed E-state index contributed by atoms with van der Waals surface area (Å²) in [5, 5.41) is 5.65. The summed E-state index contributed by atoms with van der Waals surface area (Å²) in [6.45, 7) is 0. The van der Waals surface area contributed by atoms with Crippen LogP contribution in [0.3, 0.4) is 0 Å². The van der Waals surface area contributed by atoms with Crippen molar-refractivity contribution in [2.45, 2.75) is 0 Å². The standard InChI is InChI=1S/C18H13BrFN3O/c19-13-6-8-14(9-7-13)22-17-10-5-12(11-21-17)18(24)23-16-4-2-1-3-15(16)20/h1-11H,(H,21,22)(H,23,24). The minimum atomic E-state index is -0.479. The van der Waals surface area contributed by atoms with Crippen molar-refractivity contribution >= 4 is 39.0 Å². The van der Waals surface area contributed by atoms with Crippen LogP contribution in [0.5, 0.6) is 0 Å². The fraction of sp³-hybridized carbons (Fsp3) is 0. The molecule has 0 saturated heterocycles. The largest absolute Gasteiger partial charge is 0.340 e. The number of benzene rings is 2. The van der Waals surface area contributed by atoms with Crippen LogP contribution in [0, 0.1) is 5.82 Å². The van der Waals surface area contributed by atoms with E-state index in [2.05, 4.69) is 31.5 Å². The number of amides is 1. The molecule has 3 rings (SSSR count). The van der Waals surface area contributed by atoms with Crippen molar-refractivity contribution in [2.75, 3.05) is 10.6 Å². The molecule has 0 aliphatic carbocycles. The van der Waals surface area contributed by atoms with Gasteiger partial charge in [0.25, 0.3) is 5.91 Å². The number of anilines is 3. The molecule has 0 fully saturated rings. The summed E-state index contributed by atoms with van der Waals surface area (Å²) in [7, 11) is 0. The number of nitrogens with zero attached hydrogens (tertiary/aromatic N) is 1. The van der Waals surface area contributed by atoms with E-state index in [1.807, 2.05) is 24.3 Å².